The minimum Gasteiger partial charge on any atom is -0.325 e. The van der Waals surface area contributed by atoms with Gasteiger partial charge in [-0.05, 0) is 47.9 Å². The molecule has 0 saturated carbocycles. The predicted molar refractivity (Wildman–Crippen MR) is 82.5 cm³/mol. The number of benzene rings is 1. The highest BCUT2D eigenvalue weighted by Gasteiger charge is 2.24. The monoisotopic (exact) mass is 314 g/mol. The zero-order valence-electron chi connectivity index (χ0n) is 11.3. The molecule has 0 aliphatic carbocycles. The third-order valence-corrected chi connectivity index (χ3v) is 3.58. The molecule has 2 aromatic rings. The Kier molecular flexibility index (Phi) is 5.17. The normalized spacial score (nSPS) is 11.8. The molecule has 4 nitrogen and oxygen atoms in total. The van der Waals surface area contributed by atoms with E-state index in [-0.39, 0.29) is 0 Å². The van der Waals surface area contributed by atoms with E-state index in [1.54, 1.807) is 12.1 Å². The first-order chi connectivity index (χ1) is 10.6. The molecular formula is C16H11FN2O2S. The fourth-order valence-electron chi connectivity index (χ4n) is 1.65. The quantitative estimate of drug-likeness (QED) is 0.680. The minimum absolute atomic E-state index is 0.321. The van der Waals surface area contributed by atoms with Crippen molar-refractivity contribution < 1.29 is 14.0 Å². The average molecular weight is 314 g/mol. The van der Waals surface area contributed by atoms with E-state index in [2.05, 4.69) is 5.32 Å². The van der Waals surface area contributed by atoms with Crippen LogP contribution >= 0.6 is 11.3 Å². The van der Waals surface area contributed by atoms with Crippen molar-refractivity contribution in [1.82, 2.24) is 0 Å². The summed E-state index contributed by atoms with van der Waals surface area (Å²) in [6.45, 7) is 0. The number of rotatable bonds is 5. The molecule has 2 rings (SSSR count). The molecule has 1 aromatic carbocycles. The van der Waals surface area contributed by atoms with Crippen LogP contribution in [0.15, 0.2) is 47.9 Å². The van der Waals surface area contributed by atoms with E-state index in [1.807, 2.05) is 17.5 Å². The molecule has 0 radical (unpaired) electrons. The number of carbonyl (C=O) groups excluding carboxylic acids is 2. The molecule has 0 saturated heterocycles. The lowest BCUT2D eigenvalue weighted by Crippen LogP contribution is -2.27. The number of carbonyl (C=O) groups is 2. The van der Waals surface area contributed by atoms with Gasteiger partial charge in [0.15, 0.2) is 11.7 Å². The van der Waals surface area contributed by atoms with E-state index >= 15 is 0 Å². The molecule has 0 fully saturated rings. The van der Waals surface area contributed by atoms with E-state index in [1.165, 1.54) is 41.7 Å². The third kappa shape index (κ3) is 4.11. The molecule has 1 atom stereocenters. The molecule has 6 heteroatoms. The summed E-state index contributed by atoms with van der Waals surface area (Å²) >= 11 is 1.44. The van der Waals surface area contributed by atoms with Crippen molar-refractivity contribution in [3.63, 3.8) is 0 Å². The summed E-state index contributed by atoms with van der Waals surface area (Å²) in [5, 5.41) is 13.3. The van der Waals surface area contributed by atoms with Crippen molar-refractivity contribution in [1.29, 1.82) is 5.26 Å². The van der Waals surface area contributed by atoms with E-state index in [9.17, 15) is 14.0 Å². The number of hydrogen-bond donors (Lipinski definition) is 1. The lowest BCUT2D eigenvalue weighted by molar-refractivity contribution is -0.126. The summed E-state index contributed by atoms with van der Waals surface area (Å²) in [4.78, 5) is 24.7. The standard InChI is InChI=1S/C16H11FN2O2S/c17-11-3-5-12(6-4-11)19-16(21)14(10-18)15(20)8-7-13-2-1-9-22-13/h1-9,14H,(H,19,21). The van der Waals surface area contributed by atoms with E-state index in [0.717, 1.165) is 4.88 Å². The zero-order chi connectivity index (χ0) is 15.9. The molecule has 1 N–H and O–H groups in total. The van der Waals surface area contributed by atoms with Gasteiger partial charge in [0.25, 0.3) is 0 Å². The van der Waals surface area contributed by atoms with Gasteiger partial charge in [-0.2, -0.15) is 5.26 Å². The zero-order valence-corrected chi connectivity index (χ0v) is 12.1. The fraction of sp³-hybridized carbons (Fsp3) is 0.0625. The summed E-state index contributed by atoms with van der Waals surface area (Å²) < 4.78 is 12.8. The van der Waals surface area contributed by atoms with Crippen LogP contribution in [0.1, 0.15) is 4.88 Å². The molecule has 1 unspecified atom stereocenters. The first-order valence-electron chi connectivity index (χ1n) is 6.31. The maximum absolute atomic E-state index is 12.8. The number of hydrogen-bond acceptors (Lipinski definition) is 4. The van der Waals surface area contributed by atoms with Crippen molar-refractivity contribution in [2.75, 3.05) is 5.32 Å². The maximum Gasteiger partial charge on any atom is 0.249 e. The fourth-order valence-corrected chi connectivity index (χ4v) is 2.26. The average Bonchev–Trinajstić information content (AvgIpc) is 3.01. The van der Waals surface area contributed by atoms with E-state index < -0.39 is 23.4 Å². The molecule has 0 spiro atoms. The number of thiophene rings is 1. The molecule has 1 aromatic heterocycles. The smallest absolute Gasteiger partial charge is 0.249 e. The van der Waals surface area contributed by atoms with Crippen LogP contribution in [0.2, 0.25) is 0 Å². The lowest BCUT2D eigenvalue weighted by Gasteiger charge is -2.07. The number of nitrogens with zero attached hydrogens (tertiary/aromatic N) is 1. The Labute approximate surface area is 130 Å². The van der Waals surface area contributed by atoms with Gasteiger partial charge in [0.1, 0.15) is 5.82 Å². The van der Waals surface area contributed by atoms with Gasteiger partial charge in [-0.3, -0.25) is 9.59 Å². The Bertz CT molecular complexity index is 731. The molecule has 0 bridgehead atoms. The SMILES string of the molecule is N#CC(C(=O)C=Cc1cccs1)C(=O)Nc1ccc(F)cc1. The third-order valence-electron chi connectivity index (χ3n) is 2.74. The van der Waals surface area contributed by atoms with Crippen LogP contribution in [-0.4, -0.2) is 11.7 Å². The summed E-state index contributed by atoms with van der Waals surface area (Å²) in [5.41, 5.74) is 0.321. The Hall–Kier alpha value is -2.78. The van der Waals surface area contributed by atoms with Crippen LogP contribution < -0.4 is 5.32 Å². The second kappa shape index (κ2) is 7.29. The van der Waals surface area contributed by atoms with Crippen molar-refractivity contribution in [3.8, 4) is 6.07 Å². The molecular weight excluding hydrogens is 303 g/mol. The van der Waals surface area contributed by atoms with Crippen LogP contribution in [-0.2, 0) is 9.59 Å². The number of anilines is 1. The first kappa shape index (κ1) is 15.6. The van der Waals surface area contributed by atoms with Crippen LogP contribution in [0.25, 0.3) is 6.08 Å². The van der Waals surface area contributed by atoms with Crippen LogP contribution in [0.3, 0.4) is 0 Å². The van der Waals surface area contributed by atoms with E-state index in [4.69, 9.17) is 5.26 Å². The van der Waals surface area contributed by atoms with Gasteiger partial charge >= 0.3 is 0 Å². The van der Waals surface area contributed by atoms with Crippen LogP contribution in [0.5, 0.6) is 0 Å². The lowest BCUT2D eigenvalue weighted by atomic mass is 10.0. The largest absolute Gasteiger partial charge is 0.325 e. The van der Waals surface area contributed by atoms with Gasteiger partial charge in [0.2, 0.25) is 5.91 Å². The summed E-state index contributed by atoms with van der Waals surface area (Å²) in [6.07, 6.45) is 2.77. The Morgan fingerprint density at radius 3 is 2.59 bits per heavy atom. The number of allylic oxidation sites excluding steroid dienone is 1. The van der Waals surface area contributed by atoms with Crippen molar-refractivity contribution >= 4 is 34.8 Å². The Balaban J connectivity index is 2.04. The summed E-state index contributed by atoms with van der Waals surface area (Å²) in [7, 11) is 0. The van der Waals surface area contributed by atoms with Gasteiger partial charge in [-0.25, -0.2) is 4.39 Å². The molecule has 1 amide bonds. The molecule has 22 heavy (non-hydrogen) atoms. The predicted octanol–water partition coefficient (Wildman–Crippen LogP) is 3.25. The first-order valence-corrected chi connectivity index (χ1v) is 7.19. The number of halogens is 1. The highest BCUT2D eigenvalue weighted by Crippen LogP contribution is 2.13. The van der Waals surface area contributed by atoms with Crippen LogP contribution in [0, 0.1) is 23.1 Å². The highest BCUT2D eigenvalue weighted by molar-refractivity contribution is 7.10. The number of nitrogens with one attached hydrogen (secondary N) is 1. The Morgan fingerprint density at radius 1 is 1.27 bits per heavy atom. The number of amides is 1. The molecule has 110 valence electrons. The summed E-state index contributed by atoms with van der Waals surface area (Å²) in [5.74, 6) is -3.23. The second-order valence-electron chi connectivity index (χ2n) is 4.31. The second-order valence-corrected chi connectivity index (χ2v) is 5.29. The van der Waals surface area contributed by atoms with Gasteiger partial charge in [0, 0.05) is 10.6 Å². The Morgan fingerprint density at radius 2 is 2.00 bits per heavy atom. The molecule has 0 aliphatic heterocycles. The number of ketones is 1. The van der Waals surface area contributed by atoms with Crippen molar-refractivity contribution in [3.05, 3.63) is 58.5 Å². The summed E-state index contributed by atoms with van der Waals surface area (Å²) in [6, 6.07) is 10.4. The van der Waals surface area contributed by atoms with Crippen molar-refractivity contribution in [2.45, 2.75) is 0 Å². The van der Waals surface area contributed by atoms with Crippen molar-refractivity contribution in [2.24, 2.45) is 5.92 Å². The highest BCUT2D eigenvalue weighted by atomic mass is 32.1. The maximum atomic E-state index is 12.8. The topological polar surface area (TPSA) is 70.0 Å². The van der Waals surface area contributed by atoms with Gasteiger partial charge in [-0.15, -0.1) is 11.3 Å². The molecule has 1 heterocycles. The van der Waals surface area contributed by atoms with Crippen LogP contribution in [0.4, 0.5) is 10.1 Å². The molecule has 0 aliphatic rings. The van der Waals surface area contributed by atoms with E-state index in [0.29, 0.717) is 5.69 Å². The number of nitriles is 1. The van der Waals surface area contributed by atoms with Gasteiger partial charge in [0.05, 0.1) is 6.07 Å². The van der Waals surface area contributed by atoms with Gasteiger partial charge in [-0.1, -0.05) is 6.07 Å². The van der Waals surface area contributed by atoms with Gasteiger partial charge < -0.3 is 5.32 Å². The minimum atomic E-state index is -1.44.